The van der Waals surface area contributed by atoms with Crippen LogP contribution in [0, 0.1) is 0 Å². The van der Waals surface area contributed by atoms with Gasteiger partial charge in [0.25, 0.3) is 0 Å². The minimum absolute atomic E-state index is 0.599. The average Bonchev–Trinajstić information content (AvgIpc) is 3.43. The maximum absolute atomic E-state index is 6.42. The van der Waals surface area contributed by atoms with Crippen molar-refractivity contribution in [3.05, 3.63) is 140 Å². The van der Waals surface area contributed by atoms with E-state index in [9.17, 15) is 0 Å². The molecule has 0 aliphatic rings. The first-order valence-electron chi connectivity index (χ1n) is 13.6. The van der Waals surface area contributed by atoms with Crippen molar-refractivity contribution >= 4 is 32.7 Å². The van der Waals surface area contributed by atoms with E-state index >= 15 is 0 Å². The predicted octanol–water partition coefficient (Wildman–Crippen LogP) is 9.59. The molecule has 192 valence electrons. The molecule has 0 aliphatic carbocycles. The number of fused-ring (bicyclic) bond motifs is 4. The fourth-order valence-electron chi connectivity index (χ4n) is 5.51. The molecule has 0 N–H and O–H groups in total. The van der Waals surface area contributed by atoms with Gasteiger partial charge in [-0.3, -0.25) is 0 Å². The van der Waals surface area contributed by atoms with Gasteiger partial charge in [0.1, 0.15) is 11.2 Å². The molecule has 6 aromatic carbocycles. The van der Waals surface area contributed by atoms with E-state index in [-0.39, 0.29) is 0 Å². The highest BCUT2D eigenvalue weighted by atomic mass is 16.3. The molecule has 0 spiro atoms. The van der Waals surface area contributed by atoms with Crippen LogP contribution >= 0.6 is 0 Å². The van der Waals surface area contributed by atoms with Gasteiger partial charge in [0.15, 0.2) is 17.5 Å². The fourth-order valence-corrected chi connectivity index (χ4v) is 5.51. The third-order valence-corrected chi connectivity index (χ3v) is 7.50. The number of benzene rings is 6. The SMILES string of the molecule is c1ccc(-c2nc(-c3ccccc3)nc(-c3cc(-c4ccc5ccccc5c4)c4c(c3)oc3ccccc34)n2)cc1. The third kappa shape index (κ3) is 4.14. The highest BCUT2D eigenvalue weighted by Gasteiger charge is 2.18. The summed E-state index contributed by atoms with van der Waals surface area (Å²) < 4.78 is 6.42. The predicted molar refractivity (Wildman–Crippen MR) is 166 cm³/mol. The van der Waals surface area contributed by atoms with E-state index < -0.39 is 0 Å². The maximum Gasteiger partial charge on any atom is 0.164 e. The molecule has 0 aliphatic heterocycles. The summed E-state index contributed by atoms with van der Waals surface area (Å²) in [6, 6.07) is 47.6. The highest BCUT2D eigenvalue weighted by molar-refractivity contribution is 6.14. The van der Waals surface area contributed by atoms with E-state index in [4.69, 9.17) is 19.4 Å². The van der Waals surface area contributed by atoms with E-state index in [1.165, 1.54) is 10.8 Å². The Kier molecular flexibility index (Phi) is 5.42. The largest absolute Gasteiger partial charge is 0.456 e. The molecule has 8 aromatic rings. The van der Waals surface area contributed by atoms with Crippen LogP contribution in [0.3, 0.4) is 0 Å². The maximum atomic E-state index is 6.42. The number of furan rings is 1. The molecule has 0 bridgehead atoms. The van der Waals surface area contributed by atoms with Gasteiger partial charge in [0.2, 0.25) is 0 Å². The number of aromatic nitrogens is 3. The molecule has 4 nitrogen and oxygen atoms in total. The number of para-hydroxylation sites is 1. The Bertz CT molecular complexity index is 2140. The van der Waals surface area contributed by atoms with Crippen LogP contribution in [0.5, 0.6) is 0 Å². The number of rotatable bonds is 4. The highest BCUT2D eigenvalue weighted by Crippen LogP contribution is 2.40. The summed E-state index contributed by atoms with van der Waals surface area (Å²) in [7, 11) is 0. The van der Waals surface area contributed by atoms with Gasteiger partial charge in [0, 0.05) is 27.5 Å². The van der Waals surface area contributed by atoms with Crippen molar-refractivity contribution in [3.63, 3.8) is 0 Å². The molecule has 0 atom stereocenters. The van der Waals surface area contributed by atoms with Gasteiger partial charge < -0.3 is 4.42 Å². The van der Waals surface area contributed by atoms with Crippen LogP contribution in [-0.2, 0) is 0 Å². The number of nitrogens with zero attached hydrogens (tertiary/aromatic N) is 3. The summed E-state index contributed by atoms with van der Waals surface area (Å²) >= 11 is 0. The summed E-state index contributed by atoms with van der Waals surface area (Å²) in [5.41, 5.74) is 6.60. The van der Waals surface area contributed by atoms with Gasteiger partial charge in [0.05, 0.1) is 0 Å². The minimum Gasteiger partial charge on any atom is -0.456 e. The first-order chi connectivity index (χ1) is 20.3. The molecule has 0 unspecified atom stereocenters. The first kappa shape index (κ1) is 23.3. The Balaban J connectivity index is 1.41. The molecular formula is C37H23N3O. The Morgan fingerprint density at radius 2 is 0.976 bits per heavy atom. The molecule has 4 heteroatoms. The molecule has 8 rings (SSSR count). The lowest BCUT2D eigenvalue weighted by molar-refractivity contribution is 0.669. The standard InChI is InChI=1S/C37H23N3O/c1-3-12-25(13-4-1)35-38-36(26-14-5-2-6-15-26)40-37(39-35)29-22-31(28-20-19-24-11-7-8-16-27(24)21-28)34-30-17-9-10-18-32(30)41-33(34)23-29/h1-23H. The molecule has 2 heterocycles. The molecule has 0 fully saturated rings. The fraction of sp³-hybridized carbons (Fsp3) is 0. The summed E-state index contributed by atoms with van der Waals surface area (Å²) in [6.45, 7) is 0. The molecule has 41 heavy (non-hydrogen) atoms. The van der Waals surface area contributed by atoms with Gasteiger partial charge in [-0.1, -0.05) is 115 Å². The van der Waals surface area contributed by atoms with Crippen LogP contribution in [0.1, 0.15) is 0 Å². The van der Waals surface area contributed by atoms with Gasteiger partial charge in [-0.05, 0) is 46.2 Å². The Morgan fingerprint density at radius 1 is 0.390 bits per heavy atom. The van der Waals surface area contributed by atoms with Gasteiger partial charge >= 0.3 is 0 Å². The lowest BCUT2D eigenvalue weighted by Gasteiger charge is -2.11. The lowest BCUT2D eigenvalue weighted by Crippen LogP contribution is -2.00. The second kappa shape index (κ2) is 9.54. The van der Waals surface area contributed by atoms with Crippen molar-refractivity contribution in [2.45, 2.75) is 0 Å². The summed E-state index contributed by atoms with van der Waals surface area (Å²) in [5, 5.41) is 4.57. The monoisotopic (exact) mass is 525 g/mol. The van der Waals surface area contributed by atoms with E-state index in [0.29, 0.717) is 17.5 Å². The topological polar surface area (TPSA) is 51.8 Å². The van der Waals surface area contributed by atoms with E-state index in [1.807, 2.05) is 72.8 Å². The average molecular weight is 526 g/mol. The number of hydrogen-bond donors (Lipinski definition) is 0. The Hall–Kier alpha value is -5.61. The van der Waals surface area contributed by atoms with Crippen LogP contribution in [0.4, 0.5) is 0 Å². The molecular weight excluding hydrogens is 502 g/mol. The molecule has 2 aromatic heterocycles. The zero-order chi connectivity index (χ0) is 27.2. The van der Waals surface area contributed by atoms with Crippen LogP contribution in [-0.4, -0.2) is 15.0 Å². The van der Waals surface area contributed by atoms with Crippen molar-refractivity contribution in [2.24, 2.45) is 0 Å². The second-order valence-electron chi connectivity index (χ2n) is 10.1. The van der Waals surface area contributed by atoms with Crippen molar-refractivity contribution in [1.82, 2.24) is 15.0 Å². The second-order valence-corrected chi connectivity index (χ2v) is 10.1. The van der Waals surface area contributed by atoms with Crippen molar-refractivity contribution in [2.75, 3.05) is 0 Å². The van der Waals surface area contributed by atoms with Crippen LogP contribution < -0.4 is 0 Å². The minimum atomic E-state index is 0.599. The quantitative estimate of drug-likeness (QED) is 0.230. The van der Waals surface area contributed by atoms with Crippen LogP contribution in [0.15, 0.2) is 144 Å². The smallest absolute Gasteiger partial charge is 0.164 e. The van der Waals surface area contributed by atoms with Gasteiger partial charge in [-0.2, -0.15) is 0 Å². The van der Waals surface area contributed by atoms with E-state index in [0.717, 1.165) is 49.8 Å². The summed E-state index contributed by atoms with van der Waals surface area (Å²) in [4.78, 5) is 14.8. The zero-order valence-electron chi connectivity index (χ0n) is 22.0. The Morgan fingerprint density at radius 3 is 1.68 bits per heavy atom. The van der Waals surface area contributed by atoms with E-state index in [1.54, 1.807) is 0 Å². The molecule has 0 radical (unpaired) electrons. The van der Waals surface area contributed by atoms with Crippen LogP contribution in [0.25, 0.3) is 78.0 Å². The zero-order valence-corrected chi connectivity index (χ0v) is 22.0. The van der Waals surface area contributed by atoms with Gasteiger partial charge in [-0.15, -0.1) is 0 Å². The van der Waals surface area contributed by atoms with Crippen molar-refractivity contribution in [3.8, 4) is 45.3 Å². The number of hydrogen-bond acceptors (Lipinski definition) is 4. The summed E-state index contributed by atoms with van der Waals surface area (Å²) in [6.07, 6.45) is 0. The first-order valence-corrected chi connectivity index (χ1v) is 13.6. The summed E-state index contributed by atoms with van der Waals surface area (Å²) in [5.74, 6) is 1.86. The molecule has 0 saturated heterocycles. The molecule has 0 saturated carbocycles. The van der Waals surface area contributed by atoms with Crippen LogP contribution in [0.2, 0.25) is 0 Å². The Labute approximate surface area is 236 Å². The van der Waals surface area contributed by atoms with Gasteiger partial charge in [-0.25, -0.2) is 15.0 Å². The third-order valence-electron chi connectivity index (χ3n) is 7.50. The van der Waals surface area contributed by atoms with E-state index in [2.05, 4.69) is 66.7 Å². The van der Waals surface area contributed by atoms with Crippen molar-refractivity contribution in [1.29, 1.82) is 0 Å². The lowest BCUT2D eigenvalue weighted by atomic mass is 9.95. The molecule has 0 amide bonds. The normalized spacial score (nSPS) is 11.4. The van der Waals surface area contributed by atoms with Crippen molar-refractivity contribution < 1.29 is 4.42 Å².